The fourth-order valence-electron chi connectivity index (χ4n) is 3.13. The van der Waals surface area contributed by atoms with Crippen molar-refractivity contribution in [2.24, 2.45) is 0 Å². The molecule has 9 heteroatoms. The molecule has 0 spiro atoms. The zero-order chi connectivity index (χ0) is 22.5. The molecule has 0 radical (unpaired) electrons. The van der Waals surface area contributed by atoms with Crippen LogP contribution in [0.5, 0.6) is 11.5 Å². The Balaban J connectivity index is 1.75. The van der Waals surface area contributed by atoms with Crippen LogP contribution in [0.25, 0.3) is 6.08 Å². The summed E-state index contributed by atoms with van der Waals surface area (Å²) in [5.74, 6) is 0.970. The van der Waals surface area contributed by atoms with Crippen molar-refractivity contribution in [2.75, 3.05) is 19.8 Å². The third kappa shape index (κ3) is 5.62. The van der Waals surface area contributed by atoms with Crippen molar-refractivity contribution < 1.29 is 19.2 Å². The number of carbonyl (C=O) groups is 1. The summed E-state index contributed by atoms with van der Waals surface area (Å²) in [6, 6.07) is 10.2. The SMILES string of the molecule is CCN1C(=O)C(=Cc2cc([N+](=O)[O-])ccc2OCCOc2cc(C)cc(C)c2)SC1=S. The molecule has 7 nitrogen and oxygen atoms in total. The van der Waals surface area contributed by atoms with Crippen molar-refractivity contribution in [3.63, 3.8) is 0 Å². The molecule has 3 rings (SSSR count). The smallest absolute Gasteiger partial charge is 0.270 e. The number of ether oxygens (including phenoxy) is 2. The van der Waals surface area contributed by atoms with Gasteiger partial charge in [0.05, 0.1) is 9.83 Å². The Kier molecular flexibility index (Phi) is 7.29. The zero-order valence-corrected chi connectivity index (χ0v) is 19.0. The highest BCUT2D eigenvalue weighted by atomic mass is 32.2. The first-order valence-corrected chi connectivity index (χ1v) is 10.9. The third-order valence-corrected chi connectivity index (χ3v) is 5.86. The van der Waals surface area contributed by atoms with Crippen molar-refractivity contribution >= 4 is 46.0 Å². The van der Waals surface area contributed by atoms with Gasteiger partial charge in [0.15, 0.2) is 0 Å². The lowest BCUT2D eigenvalue weighted by molar-refractivity contribution is -0.384. The lowest BCUT2D eigenvalue weighted by atomic mass is 10.1. The van der Waals surface area contributed by atoms with Crippen molar-refractivity contribution in [3.8, 4) is 11.5 Å². The highest BCUT2D eigenvalue weighted by Crippen LogP contribution is 2.35. The van der Waals surface area contributed by atoms with E-state index in [1.807, 2.05) is 32.9 Å². The summed E-state index contributed by atoms with van der Waals surface area (Å²) < 4.78 is 12.0. The van der Waals surface area contributed by atoms with Gasteiger partial charge in [-0.25, -0.2) is 0 Å². The van der Waals surface area contributed by atoms with Gasteiger partial charge in [0.1, 0.15) is 29.0 Å². The number of rotatable bonds is 8. The second-order valence-corrected chi connectivity index (χ2v) is 8.60. The second-order valence-electron chi connectivity index (χ2n) is 6.93. The predicted octanol–water partition coefficient (Wildman–Crippen LogP) is 4.89. The van der Waals surface area contributed by atoms with E-state index in [9.17, 15) is 14.9 Å². The Hall–Kier alpha value is -2.91. The highest BCUT2D eigenvalue weighted by molar-refractivity contribution is 8.26. The molecule has 0 N–H and O–H groups in total. The van der Waals surface area contributed by atoms with Crippen LogP contribution in [0.3, 0.4) is 0 Å². The van der Waals surface area contributed by atoms with Crippen molar-refractivity contribution in [2.45, 2.75) is 20.8 Å². The number of carbonyl (C=O) groups excluding carboxylic acids is 1. The van der Waals surface area contributed by atoms with E-state index in [0.717, 1.165) is 16.9 Å². The summed E-state index contributed by atoms with van der Waals surface area (Å²) in [5, 5.41) is 11.2. The maximum atomic E-state index is 12.5. The van der Waals surface area contributed by atoms with Crippen LogP contribution in [0.1, 0.15) is 23.6 Å². The third-order valence-electron chi connectivity index (χ3n) is 4.49. The normalized spacial score (nSPS) is 14.9. The summed E-state index contributed by atoms with van der Waals surface area (Å²) in [6.07, 6.45) is 1.59. The predicted molar refractivity (Wildman–Crippen MR) is 126 cm³/mol. The van der Waals surface area contributed by atoms with E-state index in [2.05, 4.69) is 6.07 Å². The van der Waals surface area contributed by atoms with Crippen molar-refractivity contribution in [3.05, 3.63) is 68.1 Å². The maximum Gasteiger partial charge on any atom is 0.270 e. The number of thioether (sulfide) groups is 1. The van der Waals surface area contributed by atoms with Crippen LogP contribution in [-0.4, -0.2) is 39.8 Å². The number of non-ortho nitro benzene ring substituents is 1. The Labute approximate surface area is 190 Å². The maximum absolute atomic E-state index is 12.5. The van der Waals surface area contributed by atoms with E-state index >= 15 is 0 Å². The monoisotopic (exact) mass is 458 g/mol. The minimum Gasteiger partial charge on any atom is -0.490 e. The molecule has 1 fully saturated rings. The lowest BCUT2D eigenvalue weighted by Crippen LogP contribution is -2.27. The van der Waals surface area contributed by atoms with Gasteiger partial charge in [-0.2, -0.15) is 0 Å². The summed E-state index contributed by atoms with van der Waals surface area (Å²) in [5.41, 5.74) is 2.57. The van der Waals surface area contributed by atoms with Crippen LogP contribution in [-0.2, 0) is 4.79 Å². The van der Waals surface area contributed by atoms with Crippen LogP contribution >= 0.6 is 24.0 Å². The number of aryl methyl sites for hydroxylation is 2. The number of benzene rings is 2. The molecular formula is C22H22N2O5S2. The molecule has 31 heavy (non-hydrogen) atoms. The summed E-state index contributed by atoms with van der Waals surface area (Å²) in [6.45, 7) is 6.85. The fourth-order valence-corrected chi connectivity index (χ4v) is 4.51. The van der Waals surface area contributed by atoms with E-state index in [1.165, 1.54) is 34.9 Å². The molecule has 0 bridgehead atoms. The van der Waals surface area contributed by atoms with Crippen LogP contribution in [0.4, 0.5) is 5.69 Å². The molecule has 0 saturated carbocycles. The molecule has 162 valence electrons. The average Bonchev–Trinajstić information content (AvgIpc) is 2.97. The number of amides is 1. The topological polar surface area (TPSA) is 81.9 Å². The van der Waals surface area contributed by atoms with Gasteiger partial charge >= 0.3 is 0 Å². The Morgan fingerprint density at radius 3 is 2.42 bits per heavy atom. The van der Waals surface area contributed by atoms with E-state index in [-0.39, 0.29) is 18.2 Å². The number of hydrogen-bond acceptors (Lipinski definition) is 7. The number of nitro benzene ring substituents is 1. The van der Waals surface area contributed by atoms with Gasteiger partial charge in [-0.05, 0) is 56.2 Å². The largest absolute Gasteiger partial charge is 0.490 e. The minimum atomic E-state index is -0.485. The summed E-state index contributed by atoms with van der Waals surface area (Å²) >= 11 is 6.40. The summed E-state index contributed by atoms with van der Waals surface area (Å²) in [4.78, 5) is 25.1. The molecule has 0 aliphatic carbocycles. The summed E-state index contributed by atoms with van der Waals surface area (Å²) in [7, 11) is 0. The second kappa shape index (κ2) is 9.93. The molecule has 1 heterocycles. The molecule has 1 aliphatic rings. The molecule has 2 aromatic carbocycles. The van der Waals surface area contributed by atoms with E-state index < -0.39 is 4.92 Å². The lowest BCUT2D eigenvalue weighted by Gasteiger charge is -2.12. The number of thiocarbonyl (C=S) groups is 1. The fraction of sp³-hybridized carbons (Fsp3) is 0.273. The first kappa shape index (κ1) is 22.8. The van der Waals surface area contributed by atoms with Crippen LogP contribution in [0.15, 0.2) is 41.3 Å². The number of nitrogens with zero attached hydrogens (tertiary/aromatic N) is 2. The highest BCUT2D eigenvalue weighted by Gasteiger charge is 2.31. The van der Waals surface area contributed by atoms with Gasteiger partial charge in [-0.15, -0.1) is 0 Å². The number of hydrogen-bond donors (Lipinski definition) is 0. The van der Waals surface area contributed by atoms with Gasteiger partial charge < -0.3 is 9.47 Å². The molecule has 0 atom stereocenters. The molecule has 2 aromatic rings. The molecule has 1 aliphatic heterocycles. The molecular weight excluding hydrogens is 436 g/mol. The average molecular weight is 459 g/mol. The van der Waals surface area contributed by atoms with Gasteiger partial charge in [-0.3, -0.25) is 19.8 Å². The Bertz CT molecular complexity index is 1050. The molecule has 0 unspecified atom stereocenters. The van der Waals surface area contributed by atoms with E-state index in [4.69, 9.17) is 21.7 Å². The Morgan fingerprint density at radius 2 is 1.81 bits per heavy atom. The quantitative estimate of drug-likeness (QED) is 0.183. The van der Waals surface area contributed by atoms with Gasteiger partial charge in [-0.1, -0.05) is 30.0 Å². The van der Waals surface area contributed by atoms with Gasteiger partial charge in [0, 0.05) is 24.2 Å². The van der Waals surface area contributed by atoms with Crippen molar-refractivity contribution in [1.82, 2.24) is 4.90 Å². The van der Waals surface area contributed by atoms with Crippen LogP contribution in [0, 0.1) is 24.0 Å². The number of nitro groups is 1. The standard InChI is InChI=1S/C22H22N2O5S2/c1-4-23-21(25)20(31-22(23)30)13-16-12-17(24(26)27)5-6-19(16)29-8-7-28-18-10-14(2)9-15(3)11-18/h5-6,9-13H,4,7-8H2,1-3H3. The first-order valence-electron chi connectivity index (χ1n) is 9.66. The van der Waals surface area contributed by atoms with Gasteiger partial charge in [0.2, 0.25) is 0 Å². The van der Waals surface area contributed by atoms with E-state index in [0.29, 0.717) is 33.7 Å². The molecule has 1 amide bonds. The van der Waals surface area contributed by atoms with Crippen LogP contribution in [0.2, 0.25) is 0 Å². The minimum absolute atomic E-state index is 0.0870. The molecule has 1 saturated heterocycles. The Morgan fingerprint density at radius 1 is 1.13 bits per heavy atom. The molecule has 0 aromatic heterocycles. The van der Waals surface area contributed by atoms with Crippen LogP contribution < -0.4 is 9.47 Å². The zero-order valence-electron chi connectivity index (χ0n) is 17.4. The first-order chi connectivity index (χ1) is 14.8. The van der Waals surface area contributed by atoms with E-state index in [1.54, 1.807) is 6.08 Å². The van der Waals surface area contributed by atoms with Gasteiger partial charge in [0.25, 0.3) is 11.6 Å². The number of likely N-dealkylation sites (N-methyl/N-ethyl adjacent to an activating group) is 1. The van der Waals surface area contributed by atoms with Crippen molar-refractivity contribution in [1.29, 1.82) is 0 Å².